The molecular formula is C17H25N5O2. The van der Waals surface area contributed by atoms with E-state index >= 15 is 0 Å². The maximum atomic E-state index is 5.74. The monoisotopic (exact) mass is 331 g/mol. The first kappa shape index (κ1) is 17.0. The molecule has 1 aromatic carbocycles. The first-order valence-electron chi connectivity index (χ1n) is 8.35. The predicted octanol–water partition coefficient (Wildman–Crippen LogP) is 1.88. The molecule has 1 aliphatic rings. The summed E-state index contributed by atoms with van der Waals surface area (Å²) in [6.07, 6.45) is 5.03. The van der Waals surface area contributed by atoms with Crippen molar-refractivity contribution in [3.8, 4) is 5.69 Å². The fourth-order valence-corrected chi connectivity index (χ4v) is 2.53. The van der Waals surface area contributed by atoms with Crippen LogP contribution in [0.2, 0.25) is 0 Å². The van der Waals surface area contributed by atoms with Gasteiger partial charge >= 0.3 is 0 Å². The molecule has 0 spiro atoms. The van der Waals surface area contributed by atoms with E-state index < -0.39 is 0 Å². The number of nitrogens with one attached hydrogen (secondary N) is 1. The van der Waals surface area contributed by atoms with E-state index in [4.69, 9.17) is 9.47 Å². The van der Waals surface area contributed by atoms with Gasteiger partial charge in [0.1, 0.15) is 5.69 Å². The van der Waals surface area contributed by atoms with Crippen LogP contribution in [0.15, 0.2) is 30.5 Å². The van der Waals surface area contributed by atoms with E-state index in [2.05, 4.69) is 27.9 Å². The minimum atomic E-state index is -0.104. The first-order chi connectivity index (χ1) is 11.7. The molecule has 0 amide bonds. The Kier molecular flexibility index (Phi) is 5.92. The van der Waals surface area contributed by atoms with Crippen LogP contribution in [-0.2, 0) is 22.6 Å². The lowest BCUT2D eigenvalue weighted by molar-refractivity contribution is -0.169. The molecule has 24 heavy (non-hydrogen) atoms. The third kappa shape index (κ3) is 4.85. The molecule has 1 aliphatic heterocycles. The molecule has 7 heteroatoms. The summed E-state index contributed by atoms with van der Waals surface area (Å²) in [6.45, 7) is 2.01. The van der Waals surface area contributed by atoms with Crippen molar-refractivity contribution in [3.05, 3.63) is 41.7 Å². The van der Waals surface area contributed by atoms with Crippen molar-refractivity contribution in [2.45, 2.75) is 38.7 Å². The highest BCUT2D eigenvalue weighted by Crippen LogP contribution is 2.15. The average Bonchev–Trinajstić information content (AvgIpc) is 3.08. The Morgan fingerprint density at radius 1 is 1.29 bits per heavy atom. The molecule has 1 fully saturated rings. The van der Waals surface area contributed by atoms with Crippen LogP contribution in [0, 0.1) is 0 Å². The van der Waals surface area contributed by atoms with Gasteiger partial charge < -0.3 is 9.47 Å². The fraction of sp³-hybridized carbons (Fsp3) is 0.529. The van der Waals surface area contributed by atoms with Crippen molar-refractivity contribution in [3.63, 3.8) is 0 Å². The van der Waals surface area contributed by atoms with Crippen LogP contribution in [0.5, 0.6) is 0 Å². The quantitative estimate of drug-likeness (QED) is 0.782. The summed E-state index contributed by atoms with van der Waals surface area (Å²) >= 11 is 0. The summed E-state index contributed by atoms with van der Waals surface area (Å²) in [5.74, 6) is 0. The van der Waals surface area contributed by atoms with Gasteiger partial charge in [-0.2, -0.15) is 0 Å². The zero-order valence-corrected chi connectivity index (χ0v) is 14.3. The standard InChI is InChI=1S/C17H25N5O2/c1-21(2)18-11-14-6-8-16(9-7-14)22-12-15(19-20-22)13-24-17-5-3-4-10-23-17/h6-9,12,17-18H,3-5,10-11,13H2,1-2H3. The molecule has 1 N–H and O–H groups in total. The van der Waals surface area contributed by atoms with Crippen LogP contribution in [0.25, 0.3) is 5.69 Å². The maximum absolute atomic E-state index is 5.74. The first-order valence-corrected chi connectivity index (χ1v) is 8.35. The van der Waals surface area contributed by atoms with Crippen molar-refractivity contribution in [2.75, 3.05) is 20.7 Å². The normalized spacial score (nSPS) is 18.2. The van der Waals surface area contributed by atoms with Gasteiger partial charge in [0.15, 0.2) is 6.29 Å². The second kappa shape index (κ2) is 8.34. The van der Waals surface area contributed by atoms with Gasteiger partial charge in [0.05, 0.1) is 18.5 Å². The van der Waals surface area contributed by atoms with Crippen molar-refractivity contribution in [1.29, 1.82) is 0 Å². The summed E-state index contributed by atoms with van der Waals surface area (Å²) in [6, 6.07) is 8.24. The second-order valence-corrected chi connectivity index (χ2v) is 6.16. The highest BCUT2D eigenvalue weighted by molar-refractivity contribution is 5.33. The number of benzene rings is 1. The molecule has 1 unspecified atom stereocenters. The zero-order chi connectivity index (χ0) is 16.8. The molecule has 0 radical (unpaired) electrons. The van der Waals surface area contributed by atoms with Gasteiger partial charge in [0, 0.05) is 27.2 Å². The topological polar surface area (TPSA) is 64.4 Å². The van der Waals surface area contributed by atoms with E-state index in [0.29, 0.717) is 6.61 Å². The molecule has 0 saturated carbocycles. The van der Waals surface area contributed by atoms with Gasteiger partial charge in [-0.25, -0.2) is 4.68 Å². The Bertz CT molecular complexity index is 620. The average molecular weight is 331 g/mol. The van der Waals surface area contributed by atoms with Crippen LogP contribution in [0.3, 0.4) is 0 Å². The van der Waals surface area contributed by atoms with Crippen LogP contribution in [0.4, 0.5) is 0 Å². The Hall–Kier alpha value is -1.80. The lowest BCUT2D eigenvalue weighted by atomic mass is 10.2. The summed E-state index contributed by atoms with van der Waals surface area (Å²) in [7, 11) is 3.96. The van der Waals surface area contributed by atoms with Crippen LogP contribution >= 0.6 is 0 Å². The molecule has 3 rings (SSSR count). The molecule has 130 valence electrons. The molecule has 2 heterocycles. The highest BCUT2D eigenvalue weighted by atomic mass is 16.7. The Balaban J connectivity index is 1.54. The van der Waals surface area contributed by atoms with E-state index in [9.17, 15) is 0 Å². The Morgan fingerprint density at radius 2 is 2.12 bits per heavy atom. The SMILES string of the molecule is CN(C)NCc1ccc(-n2cc(COC3CCCCO3)nn2)cc1. The molecule has 0 bridgehead atoms. The van der Waals surface area contributed by atoms with Gasteiger partial charge in [-0.3, -0.25) is 10.4 Å². The number of hydrogen-bond acceptors (Lipinski definition) is 6. The van der Waals surface area contributed by atoms with Crippen LogP contribution in [0.1, 0.15) is 30.5 Å². The predicted molar refractivity (Wildman–Crippen MR) is 90.3 cm³/mol. The van der Waals surface area contributed by atoms with Gasteiger partial charge in [0.2, 0.25) is 0 Å². The van der Waals surface area contributed by atoms with Gasteiger partial charge in [-0.15, -0.1) is 5.10 Å². The number of aromatic nitrogens is 3. The molecule has 1 atom stereocenters. The van der Waals surface area contributed by atoms with Crippen LogP contribution in [-0.4, -0.2) is 47.0 Å². The molecular weight excluding hydrogens is 306 g/mol. The molecule has 2 aromatic rings. The third-order valence-corrected chi connectivity index (χ3v) is 3.90. The number of hydrazine groups is 1. The number of nitrogens with zero attached hydrogens (tertiary/aromatic N) is 4. The third-order valence-electron chi connectivity index (χ3n) is 3.90. The minimum absolute atomic E-state index is 0.104. The van der Waals surface area contributed by atoms with Gasteiger partial charge in [-0.05, 0) is 37.0 Å². The summed E-state index contributed by atoms with van der Waals surface area (Å²) < 4.78 is 13.1. The summed E-state index contributed by atoms with van der Waals surface area (Å²) in [5, 5.41) is 10.3. The number of rotatable bonds is 7. The van der Waals surface area contributed by atoms with Crippen molar-refractivity contribution in [1.82, 2.24) is 25.4 Å². The molecule has 0 aliphatic carbocycles. The second-order valence-electron chi connectivity index (χ2n) is 6.16. The van der Waals surface area contributed by atoms with Gasteiger partial charge in [-0.1, -0.05) is 17.3 Å². The van der Waals surface area contributed by atoms with E-state index in [1.165, 1.54) is 5.56 Å². The van der Waals surface area contributed by atoms with Crippen molar-refractivity contribution < 1.29 is 9.47 Å². The lowest BCUT2D eigenvalue weighted by Crippen LogP contribution is -2.29. The van der Waals surface area contributed by atoms with Crippen LogP contribution < -0.4 is 5.43 Å². The van der Waals surface area contributed by atoms with E-state index in [1.807, 2.05) is 37.4 Å². The Labute approximate surface area is 142 Å². The van der Waals surface area contributed by atoms with E-state index in [-0.39, 0.29) is 6.29 Å². The largest absolute Gasteiger partial charge is 0.353 e. The van der Waals surface area contributed by atoms with E-state index in [0.717, 1.165) is 43.8 Å². The molecule has 7 nitrogen and oxygen atoms in total. The lowest BCUT2D eigenvalue weighted by Gasteiger charge is -2.22. The highest BCUT2D eigenvalue weighted by Gasteiger charge is 2.15. The van der Waals surface area contributed by atoms with E-state index in [1.54, 1.807) is 4.68 Å². The minimum Gasteiger partial charge on any atom is -0.353 e. The Morgan fingerprint density at radius 3 is 2.83 bits per heavy atom. The number of hydrogen-bond donors (Lipinski definition) is 1. The number of ether oxygens (including phenoxy) is 2. The van der Waals surface area contributed by atoms with Gasteiger partial charge in [0.25, 0.3) is 0 Å². The van der Waals surface area contributed by atoms with Crippen molar-refractivity contribution in [2.24, 2.45) is 0 Å². The summed E-state index contributed by atoms with van der Waals surface area (Å²) in [4.78, 5) is 0. The van der Waals surface area contributed by atoms with Crippen molar-refractivity contribution >= 4 is 0 Å². The summed E-state index contributed by atoms with van der Waals surface area (Å²) in [5.41, 5.74) is 6.25. The smallest absolute Gasteiger partial charge is 0.158 e. The maximum Gasteiger partial charge on any atom is 0.158 e. The molecule has 1 aromatic heterocycles. The zero-order valence-electron chi connectivity index (χ0n) is 14.3. The fourth-order valence-electron chi connectivity index (χ4n) is 2.53. The molecule has 1 saturated heterocycles.